The lowest BCUT2D eigenvalue weighted by Crippen LogP contribution is -2.57. The third kappa shape index (κ3) is 3.23. The minimum Gasteiger partial charge on any atom is -0.326 e. The van der Waals surface area contributed by atoms with Crippen molar-refractivity contribution in [2.45, 2.75) is 51.1 Å². The van der Waals surface area contributed by atoms with Crippen molar-refractivity contribution >= 4 is 15.9 Å². The van der Waals surface area contributed by atoms with E-state index in [2.05, 4.69) is 34.7 Å². The first kappa shape index (κ1) is 15.9. The molecule has 0 spiro atoms. The molecule has 4 heteroatoms. The highest BCUT2D eigenvalue weighted by Gasteiger charge is 2.37. The van der Waals surface area contributed by atoms with Gasteiger partial charge in [-0.05, 0) is 69.5 Å². The Morgan fingerprint density at radius 1 is 1.40 bits per heavy atom. The Hall–Kier alpha value is -0.450. The molecule has 0 aromatic heterocycles. The Morgan fingerprint density at radius 3 is 2.65 bits per heavy atom. The molecule has 1 saturated heterocycles. The lowest BCUT2D eigenvalue weighted by atomic mass is 9.84. The minimum atomic E-state index is -0.199. The summed E-state index contributed by atoms with van der Waals surface area (Å²) in [5, 5.41) is 0. The van der Waals surface area contributed by atoms with E-state index >= 15 is 0 Å². The van der Waals surface area contributed by atoms with Gasteiger partial charge in [0.15, 0.2) is 0 Å². The van der Waals surface area contributed by atoms with Crippen molar-refractivity contribution in [1.82, 2.24) is 4.90 Å². The van der Waals surface area contributed by atoms with Crippen LogP contribution in [0, 0.1) is 5.82 Å². The smallest absolute Gasteiger partial charge is 0.123 e. The predicted octanol–water partition coefficient (Wildman–Crippen LogP) is 3.72. The second-order valence-corrected chi connectivity index (χ2v) is 6.81. The molecule has 1 aromatic rings. The average Bonchev–Trinajstić information content (AvgIpc) is 2.96. The van der Waals surface area contributed by atoms with Gasteiger partial charge in [0.25, 0.3) is 0 Å². The van der Waals surface area contributed by atoms with Crippen molar-refractivity contribution in [2.24, 2.45) is 5.73 Å². The van der Waals surface area contributed by atoms with E-state index in [4.69, 9.17) is 5.73 Å². The number of nitrogens with zero attached hydrogens (tertiary/aromatic N) is 1. The molecule has 2 rings (SSSR count). The summed E-state index contributed by atoms with van der Waals surface area (Å²) in [7, 11) is 0. The zero-order chi connectivity index (χ0) is 14.8. The van der Waals surface area contributed by atoms with E-state index in [1.54, 1.807) is 12.1 Å². The third-order valence-electron chi connectivity index (χ3n) is 4.79. The van der Waals surface area contributed by atoms with Gasteiger partial charge >= 0.3 is 0 Å². The molecule has 0 bridgehead atoms. The van der Waals surface area contributed by atoms with E-state index < -0.39 is 0 Å². The maximum absolute atomic E-state index is 13.4. The Morgan fingerprint density at radius 2 is 2.05 bits per heavy atom. The van der Waals surface area contributed by atoms with Crippen LogP contribution in [0.15, 0.2) is 22.7 Å². The summed E-state index contributed by atoms with van der Waals surface area (Å²) >= 11 is 3.50. The van der Waals surface area contributed by atoms with Crippen LogP contribution < -0.4 is 5.73 Å². The van der Waals surface area contributed by atoms with Gasteiger partial charge in [-0.3, -0.25) is 4.90 Å². The number of nitrogens with two attached hydrogens (primary N) is 1. The summed E-state index contributed by atoms with van der Waals surface area (Å²) in [5.74, 6) is -0.199. The topological polar surface area (TPSA) is 29.3 Å². The first-order valence-electron chi connectivity index (χ1n) is 7.42. The van der Waals surface area contributed by atoms with Gasteiger partial charge < -0.3 is 5.73 Å². The number of hydrogen-bond donors (Lipinski definition) is 1. The van der Waals surface area contributed by atoms with Gasteiger partial charge in [0, 0.05) is 16.1 Å². The lowest BCUT2D eigenvalue weighted by molar-refractivity contribution is 0.0998. The molecule has 1 heterocycles. The van der Waals surface area contributed by atoms with E-state index in [1.165, 1.54) is 18.9 Å². The van der Waals surface area contributed by atoms with Crippen LogP contribution in [-0.4, -0.2) is 29.6 Å². The maximum Gasteiger partial charge on any atom is 0.123 e. The van der Waals surface area contributed by atoms with E-state index in [1.807, 2.05) is 0 Å². The normalized spacial score (nSPS) is 20.9. The Labute approximate surface area is 129 Å². The number of rotatable bonds is 5. The average molecular weight is 343 g/mol. The van der Waals surface area contributed by atoms with E-state index in [0.717, 1.165) is 29.5 Å². The molecule has 2 nitrogen and oxygen atoms in total. The molecule has 20 heavy (non-hydrogen) atoms. The number of hydrogen-bond acceptors (Lipinski definition) is 2. The Bertz CT molecular complexity index is 460. The van der Waals surface area contributed by atoms with Crippen molar-refractivity contribution in [3.8, 4) is 0 Å². The van der Waals surface area contributed by atoms with Crippen LogP contribution in [0.2, 0.25) is 0 Å². The molecule has 0 aliphatic carbocycles. The predicted molar refractivity (Wildman–Crippen MR) is 85.3 cm³/mol. The summed E-state index contributed by atoms with van der Waals surface area (Å²) < 4.78 is 14.3. The van der Waals surface area contributed by atoms with Crippen LogP contribution in [0.25, 0.3) is 0 Å². The minimum absolute atomic E-state index is 0.00343. The lowest BCUT2D eigenvalue weighted by Gasteiger charge is -2.43. The van der Waals surface area contributed by atoms with Gasteiger partial charge in [-0.25, -0.2) is 4.39 Å². The summed E-state index contributed by atoms with van der Waals surface area (Å²) in [6.45, 7) is 6.69. The number of benzene rings is 1. The van der Waals surface area contributed by atoms with Gasteiger partial charge in [-0.15, -0.1) is 0 Å². The summed E-state index contributed by atoms with van der Waals surface area (Å²) in [6.07, 6.45) is 4.22. The molecule has 2 atom stereocenters. The Balaban J connectivity index is 2.16. The van der Waals surface area contributed by atoms with Crippen LogP contribution in [0.5, 0.6) is 0 Å². The van der Waals surface area contributed by atoms with Crippen molar-refractivity contribution in [2.75, 3.05) is 13.1 Å². The molecule has 0 amide bonds. The Kier molecular flexibility index (Phi) is 5.21. The zero-order valence-electron chi connectivity index (χ0n) is 12.3. The van der Waals surface area contributed by atoms with E-state index in [9.17, 15) is 4.39 Å². The molecule has 0 saturated carbocycles. The van der Waals surface area contributed by atoms with Crippen molar-refractivity contribution in [3.63, 3.8) is 0 Å². The first-order valence-corrected chi connectivity index (χ1v) is 8.21. The highest BCUT2D eigenvalue weighted by molar-refractivity contribution is 9.10. The van der Waals surface area contributed by atoms with Crippen molar-refractivity contribution in [1.29, 1.82) is 0 Å². The van der Waals surface area contributed by atoms with Crippen LogP contribution in [0.1, 0.15) is 38.7 Å². The highest BCUT2D eigenvalue weighted by Crippen LogP contribution is 2.30. The monoisotopic (exact) mass is 342 g/mol. The SMILES string of the molecule is CCC(C)(C(N)Cc1cc(F)ccc1Br)N1CCCC1. The molecule has 1 aliphatic heterocycles. The summed E-state index contributed by atoms with van der Waals surface area (Å²) in [6, 6.07) is 4.82. The van der Waals surface area contributed by atoms with Gasteiger partial charge in [-0.2, -0.15) is 0 Å². The number of likely N-dealkylation sites (tertiary alicyclic amines) is 1. The van der Waals surface area contributed by atoms with Crippen LogP contribution in [0.4, 0.5) is 4.39 Å². The summed E-state index contributed by atoms with van der Waals surface area (Å²) in [4.78, 5) is 2.50. The van der Waals surface area contributed by atoms with E-state index in [0.29, 0.717) is 6.42 Å². The zero-order valence-corrected chi connectivity index (χ0v) is 13.9. The van der Waals surface area contributed by atoms with Gasteiger partial charge in [0.2, 0.25) is 0 Å². The van der Waals surface area contributed by atoms with Gasteiger partial charge in [0.05, 0.1) is 0 Å². The van der Waals surface area contributed by atoms with Gasteiger partial charge in [0.1, 0.15) is 5.82 Å². The van der Waals surface area contributed by atoms with Gasteiger partial charge in [-0.1, -0.05) is 22.9 Å². The molecule has 2 unspecified atom stereocenters. The summed E-state index contributed by atoms with van der Waals surface area (Å²) in [5.41, 5.74) is 7.45. The third-order valence-corrected chi connectivity index (χ3v) is 5.56. The molecular weight excluding hydrogens is 319 g/mol. The van der Waals surface area contributed by atoms with E-state index in [-0.39, 0.29) is 17.4 Å². The number of halogens is 2. The molecular formula is C16H24BrFN2. The fraction of sp³-hybridized carbons (Fsp3) is 0.625. The van der Waals surface area contributed by atoms with Crippen LogP contribution in [-0.2, 0) is 6.42 Å². The molecule has 0 radical (unpaired) electrons. The first-order chi connectivity index (χ1) is 9.47. The molecule has 1 aromatic carbocycles. The van der Waals surface area contributed by atoms with Crippen molar-refractivity contribution in [3.05, 3.63) is 34.1 Å². The fourth-order valence-corrected chi connectivity index (χ4v) is 3.51. The second kappa shape index (κ2) is 6.54. The standard InChI is InChI=1S/C16H24BrFN2/c1-3-16(2,20-8-4-5-9-20)15(19)11-12-10-13(18)6-7-14(12)17/h6-7,10,15H,3-5,8-9,11,19H2,1-2H3. The van der Waals surface area contributed by atoms with Crippen molar-refractivity contribution < 1.29 is 4.39 Å². The molecule has 1 fully saturated rings. The van der Waals surface area contributed by atoms with Crippen LogP contribution >= 0.6 is 15.9 Å². The second-order valence-electron chi connectivity index (χ2n) is 5.95. The highest BCUT2D eigenvalue weighted by atomic mass is 79.9. The quantitative estimate of drug-likeness (QED) is 0.883. The maximum atomic E-state index is 13.4. The molecule has 1 aliphatic rings. The fourth-order valence-electron chi connectivity index (χ4n) is 3.10. The van der Waals surface area contributed by atoms with Crippen LogP contribution in [0.3, 0.4) is 0 Å². The largest absolute Gasteiger partial charge is 0.326 e. The molecule has 112 valence electrons. The molecule has 2 N–H and O–H groups in total.